The molecule has 0 radical (unpaired) electrons. The van der Waals surface area contributed by atoms with E-state index in [2.05, 4.69) is 51.8 Å². The first-order chi connectivity index (χ1) is 12.7. The van der Waals surface area contributed by atoms with Gasteiger partial charge in [-0.05, 0) is 30.4 Å². The molecule has 2 N–H and O–H groups in total. The van der Waals surface area contributed by atoms with Crippen LogP contribution in [0.4, 0.5) is 10.7 Å². The third kappa shape index (κ3) is 3.49. The highest BCUT2D eigenvalue weighted by atomic mass is 16.2. The van der Waals surface area contributed by atoms with Gasteiger partial charge >= 0.3 is 6.03 Å². The number of carbonyl (C=O) groups is 1. The molecule has 2 aliphatic rings. The fourth-order valence-corrected chi connectivity index (χ4v) is 3.69. The molecule has 136 valence electrons. The number of hydrogen-bond donors (Lipinski definition) is 2. The summed E-state index contributed by atoms with van der Waals surface area (Å²) in [5.41, 5.74) is 4.79. The zero-order valence-corrected chi connectivity index (χ0v) is 15.2. The number of aromatic nitrogens is 2. The molecule has 0 atom stereocenters. The lowest BCUT2D eigenvalue weighted by Crippen LogP contribution is -2.36. The van der Waals surface area contributed by atoms with E-state index in [-0.39, 0.29) is 6.03 Å². The molecule has 4 rings (SSSR count). The average Bonchev–Trinajstić information content (AvgIpc) is 3.24. The van der Waals surface area contributed by atoms with Crippen LogP contribution >= 0.6 is 0 Å². The molecule has 0 unspecified atom stereocenters. The van der Waals surface area contributed by atoms with Crippen molar-refractivity contribution in [3.05, 3.63) is 52.8 Å². The van der Waals surface area contributed by atoms with Crippen molar-refractivity contribution in [1.29, 1.82) is 0 Å². The Kier molecular flexibility index (Phi) is 4.73. The van der Waals surface area contributed by atoms with E-state index in [9.17, 15) is 4.79 Å². The fourth-order valence-electron chi connectivity index (χ4n) is 3.69. The Morgan fingerprint density at radius 1 is 1.19 bits per heavy atom. The molecule has 2 amide bonds. The summed E-state index contributed by atoms with van der Waals surface area (Å²) in [6, 6.07) is 8.88. The van der Waals surface area contributed by atoms with Gasteiger partial charge in [0.05, 0.1) is 18.8 Å². The van der Waals surface area contributed by atoms with Crippen LogP contribution in [0.3, 0.4) is 0 Å². The fraction of sp³-hybridized carbons (Fsp3) is 0.450. The lowest BCUT2D eigenvalue weighted by atomic mass is 10.1. The van der Waals surface area contributed by atoms with Crippen LogP contribution in [0.15, 0.2) is 30.5 Å². The van der Waals surface area contributed by atoms with Crippen LogP contribution in [0, 0.1) is 0 Å². The predicted octanol–water partition coefficient (Wildman–Crippen LogP) is 2.88. The predicted molar refractivity (Wildman–Crippen MR) is 101 cm³/mol. The normalized spacial score (nSPS) is 15.7. The van der Waals surface area contributed by atoms with Gasteiger partial charge in [-0.2, -0.15) is 0 Å². The van der Waals surface area contributed by atoms with E-state index in [1.54, 1.807) is 4.90 Å². The molecule has 1 aromatic heterocycles. The monoisotopic (exact) mass is 351 g/mol. The topological polar surface area (TPSA) is 70.2 Å². The largest absolute Gasteiger partial charge is 0.351 e. The van der Waals surface area contributed by atoms with Gasteiger partial charge in [0.1, 0.15) is 0 Å². The van der Waals surface area contributed by atoms with E-state index in [0.29, 0.717) is 25.1 Å². The molecule has 1 aliphatic heterocycles. The smallest absolute Gasteiger partial charge is 0.318 e. The number of nitrogens with zero attached hydrogens (tertiary/aromatic N) is 3. The van der Waals surface area contributed by atoms with Crippen LogP contribution in [-0.4, -0.2) is 33.5 Å². The minimum absolute atomic E-state index is 0.0165. The first-order valence-corrected chi connectivity index (χ1v) is 9.44. The Labute approximate surface area is 154 Å². The minimum Gasteiger partial charge on any atom is -0.351 e. The summed E-state index contributed by atoms with van der Waals surface area (Å²) >= 11 is 0. The van der Waals surface area contributed by atoms with E-state index < -0.39 is 0 Å². The van der Waals surface area contributed by atoms with Gasteiger partial charge in [0, 0.05) is 24.3 Å². The van der Waals surface area contributed by atoms with E-state index in [1.807, 2.05) is 6.20 Å². The van der Waals surface area contributed by atoms with Gasteiger partial charge in [0.15, 0.2) is 0 Å². The first-order valence-electron chi connectivity index (χ1n) is 9.44. The molecule has 2 aromatic rings. The van der Waals surface area contributed by atoms with E-state index in [4.69, 9.17) is 0 Å². The van der Waals surface area contributed by atoms with Crippen molar-refractivity contribution in [2.45, 2.75) is 51.7 Å². The maximum Gasteiger partial charge on any atom is 0.318 e. The van der Waals surface area contributed by atoms with Gasteiger partial charge in [0.2, 0.25) is 5.95 Å². The van der Waals surface area contributed by atoms with Gasteiger partial charge in [0.25, 0.3) is 0 Å². The molecule has 1 aromatic carbocycles. The standard InChI is InChI=1S/C20H25N5O/c1-2-3-8-21-20(26)25-12-16-11-22-19(24-18(16)13-25)23-17-9-14-6-4-5-7-15(14)10-17/h4-7,11,17H,2-3,8-10,12-13H2,1H3,(H,21,26)(H,22,23,24). The maximum atomic E-state index is 12.2. The van der Waals surface area contributed by atoms with Crippen LogP contribution in [0.1, 0.15) is 42.1 Å². The number of fused-ring (bicyclic) bond motifs is 2. The molecule has 6 nitrogen and oxygen atoms in total. The third-order valence-corrected chi connectivity index (χ3v) is 5.13. The summed E-state index contributed by atoms with van der Waals surface area (Å²) in [5.74, 6) is 0.662. The number of unbranched alkanes of at least 4 members (excludes halogenated alkanes) is 1. The van der Waals surface area contributed by atoms with Crippen molar-refractivity contribution >= 4 is 12.0 Å². The van der Waals surface area contributed by atoms with Crippen LogP contribution in [0.2, 0.25) is 0 Å². The molecule has 0 saturated carbocycles. The summed E-state index contributed by atoms with van der Waals surface area (Å²) in [6.07, 6.45) is 5.94. The molecule has 0 spiro atoms. The second-order valence-corrected chi connectivity index (χ2v) is 7.13. The maximum absolute atomic E-state index is 12.2. The van der Waals surface area contributed by atoms with Crippen molar-refractivity contribution < 1.29 is 4.79 Å². The molecule has 26 heavy (non-hydrogen) atoms. The van der Waals surface area contributed by atoms with Crippen molar-refractivity contribution in [3.8, 4) is 0 Å². The van der Waals surface area contributed by atoms with Crippen LogP contribution in [0.5, 0.6) is 0 Å². The van der Waals surface area contributed by atoms with Crippen LogP contribution < -0.4 is 10.6 Å². The van der Waals surface area contributed by atoms with Crippen LogP contribution in [-0.2, 0) is 25.9 Å². The third-order valence-electron chi connectivity index (χ3n) is 5.13. The van der Waals surface area contributed by atoms with Crippen molar-refractivity contribution in [2.75, 3.05) is 11.9 Å². The van der Waals surface area contributed by atoms with Crippen LogP contribution in [0.25, 0.3) is 0 Å². The number of hydrogen-bond acceptors (Lipinski definition) is 4. The molecule has 2 heterocycles. The number of amides is 2. The van der Waals surface area contributed by atoms with Crippen molar-refractivity contribution in [2.24, 2.45) is 0 Å². The van der Waals surface area contributed by atoms with E-state index >= 15 is 0 Å². The molecule has 0 saturated heterocycles. The van der Waals surface area contributed by atoms with Crippen molar-refractivity contribution in [1.82, 2.24) is 20.2 Å². The number of nitrogens with one attached hydrogen (secondary N) is 2. The summed E-state index contributed by atoms with van der Waals surface area (Å²) in [5, 5.41) is 6.43. The molecule has 0 fully saturated rings. The van der Waals surface area contributed by atoms with Crippen molar-refractivity contribution in [3.63, 3.8) is 0 Å². The Hall–Kier alpha value is -2.63. The SMILES string of the molecule is CCCCNC(=O)N1Cc2cnc(NC3Cc4ccccc4C3)nc2C1. The summed E-state index contributed by atoms with van der Waals surface area (Å²) in [6.45, 7) is 3.98. The molecule has 6 heteroatoms. The number of anilines is 1. The minimum atomic E-state index is -0.0165. The highest BCUT2D eigenvalue weighted by molar-refractivity contribution is 5.74. The first kappa shape index (κ1) is 16.8. The summed E-state index contributed by atoms with van der Waals surface area (Å²) in [7, 11) is 0. The van der Waals surface area contributed by atoms with Gasteiger partial charge < -0.3 is 15.5 Å². The summed E-state index contributed by atoms with van der Waals surface area (Å²) < 4.78 is 0. The number of rotatable bonds is 5. The van der Waals surface area contributed by atoms with E-state index in [1.165, 1.54) is 11.1 Å². The zero-order chi connectivity index (χ0) is 17.9. The average molecular weight is 351 g/mol. The Balaban J connectivity index is 1.36. The lowest BCUT2D eigenvalue weighted by Gasteiger charge is -2.15. The second-order valence-electron chi connectivity index (χ2n) is 7.13. The highest BCUT2D eigenvalue weighted by Gasteiger charge is 2.26. The molecule has 1 aliphatic carbocycles. The highest BCUT2D eigenvalue weighted by Crippen LogP contribution is 2.25. The summed E-state index contributed by atoms with van der Waals surface area (Å²) in [4.78, 5) is 23.2. The number of urea groups is 1. The Morgan fingerprint density at radius 2 is 1.96 bits per heavy atom. The molecular weight excluding hydrogens is 326 g/mol. The van der Waals surface area contributed by atoms with E-state index in [0.717, 1.165) is 43.5 Å². The lowest BCUT2D eigenvalue weighted by molar-refractivity contribution is 0.198. The van der Waals surface area contributed by atoms with Gasteiger partial charge in [-0.3, -0.25) is 0 Å². The molecular formula is C20H25N5O. The van der Waals surface area contributed by atoms with Gasteiger partial charge in [-0.25, -0.2) is 14.8 Å². The quantitative estimate of drug-likeness (QED) is 0.813. The van der Waals surface area contributed by atoms with Gasteiger partial charge in [-0.1, -0.05) is 37.6 Å². The number of carbonyl (C=O) groups excluding carboxylic acids is 1. The Morgan fingerprint density at radius 3 is 2.69 bits per heavy atom. The zero-order valence-electron chi connectivity index (χ0n) is 15.2. The van der Waals surface area contributed by atoms with Gasteiger partial charge in [-0.15, -0.1) is 0 Å². The second kappa shape index (κ2) is 7.32. The molecule has 0 bridgehead atoms. The number of benzene rings is 1. The Bertz CT molecular complexity index is 782.